The van der Waals surface area contributed by atoms with Gasteiger partial charge in [0, 0.05) is 31.4 Å². The molecule has 110 valence electrons. The number of nitrogens with one attached hydrogen (secondary N) is 1. The van der Waals surface area contributed by atoms with E-state index in [-0.39, 0.29) is 6.04 Å². The molecule has 0 amide bonds. The maximum absolute atomic E-state index is 4.51. The topological polar surface area (TPSA) is 47.7 Å². The quantitative estimate of drug-likeness (QED) is 0.806. The van der Waals surface area contributed by atoms with Gasteiger partial charge in [-0.1, -0.05) is 6.07 Å². The van der Waals surface area contributed by atoms with Crippen molar-refractivity contribution in [2.24, 2.45) is 14.1 Å². The highest BCUT2D eigenvalue weighted by Crippen LogP contribution is 2.31. The molecule has 3 heterocycles. The van der Waals surface area contributed by atoms with Crippen molar-refractivity contribution in [1.29, 1.82) is 0 Å². The van der Waals surface area contributed by atoms with Crippen molar-refractivity contribution in [3.8, 4) is 0 Å². The van der Waals surface area contributed by atoms with Crippen LogP contribution in [0.3, 0.4) is 0 Å². The second-order valence-corrected chi connectivity index (χ2v) is 6.14. The SMILES string of the molecule is Cc1nn(C)c(C)c1NC(c1cccs1)c1nccn1C. The number of aromatic nitrogens is 4. The Hall–Kier alpha value is -2.08. The monoisotopic (exact) mass is 301 g/mol. The van der Waals surface area contributed by atoms with Crippen LogP contribution in [-0.2, 0) is 14.1 Å². The lowest BCUT2D eigenvalue weighted by molar-refractivity contribution is 0.730. The Kier molecular flexibility index (Phi) is 3.55. The van der Waals surface area contributed by atoms with Gasteiger partial charge in [-0.15, -0.1) is 11.3 Å². The highest BCUT2D eigenvalue weighted by Gasteiger charge is 2.22. The molecule has 3 rings (SSSR count). The van der Waals surface area contributed by atoms with E-state index >= 15 is 0 Å². The van der Waals surface area contributed by atoms with Gasteiger partial charge in [-0.25, -0.2) is 4.98 Å². The molecular formula is C15H19N5S. The van der Waals surface area contributed by atoms with E-state index in [4.69, 9.17) is 0 Å². The molecule has 0 aromatic carbocycles. The average molecular weight is 301 g/mol. The van der Waals surface area contributed by atoms with Gasteiger partial charge >= 0.3 is 0 Å². The number of aryl methyl sites for hydroxylation is 3. The number of rotatable bonds is 4. The summed E-state index contributed by atoms with van der Waals surface area (Å²) >= 11 is 1.73. The number of nitrogens with zero attached hydrogens (tertiary/aromatic N) is 4. The zero-order valence-electron chi connectivity index (χ0n) is 12.7. The van der Waals surface area contributed by atoms with E-state index in [2.05, 4.69) is 44.4 Å². The molecule has 0 saturated heterocycles. The molecular weight excluding hydrogens is 282 g/mol. The number of hydrogen-bond donors (Lipinski definition) is 1. The fourth-order valence-electron chi connectivity index (χ4n) is 2.50. The zero-order valence-corrected chi connectivity index (χ0v) is 13.5. The maximum atomic E-state index is 4.51. The molecule has 3 aromatic heterocycles. The molecule has 0 fully saturated rings. The number of thiophene rings is 1. The molecule has 1 N–H and O–H groups in total. The minimum Gasteiger partial charge on any atom is -0.368 e. The fraction of sp³-hybridized carbons (Fsp3) is 0.333. The third kappa shape index (κ3) is 2.47. The van der Waals surface area contributed by atoms with Crippen LogP contribution >= 0.6 is 11.3 Å². The summed E-state index contributed by atoms with van der Waals surface area (Å²) in [6, 6.07) is 4.24. The number of hydrogen-bond acceptors (Lipinski definition) is 4. The molecule has 0 aliphatic carbocycles. The molecule has 21 heavy (non-hydrogen) atoms. The summed E-state index contributed by atoms with van der Waals surface area (Å²) in [5, 5.41) is 10.2. The van der Waals surface area contributed by atoms with E-state index in [1.165, 1.54) is 4.88 Å². The average Bonchev–Trinajstić information content (AvgIpc) is 3.14. The van der Waals surface area contributed by atoms with Gasteiger partial charge in [0.2, 0.25) is 0 Å². The van der Waals surface area contributed by atoms with Crippen LogP contribution in [0.1, 0.15) is 28.1 Å². The van der Waals surface area contributed by atoms with Crippen LogP contribution in [0, 0.1) is 13.8 Å². The van der Waals surface area contributed by atoms with E-state index in [1.807, 2.05) is 38.1 Å². The second-order valence-electron chi connectivity index (χ2n) is 5.16. The Labute approximate surface area is 128 Å². The summed E-state index contributed by atoms with van der Waals surface area (Å²) < 4.78 is 3.96. The van der Waals surface area contributed by atoms with Gasteiger partial charge in [-0.2, -0.15) is 5.10 Å². The third-order valence-electron chi connectivity index (χ3n) is 3.74. The summed E-state index contributed by atoms with van der Waals surface area (Å²) in [5.41, 5.74) is 3.22. The lowest BCUT2D eigenvalue weighted by atomic mass is 10.2. The van der Waals surface area contributed by atoms with Crippen molar-refractivity contribution in [3.05, 3.63) is 52.0 Å². The molecule has 0 bridgehead atoms. The fourth-order valence-corrected chi connectivity index (χ4v) is 3.27. The Bertz CT molecular complexity index is 738. The first kappa shape index (κ1) is 13.9. The Morgan fingerprint density at radius 2 is 2.10 bits per heavy atom. The van der Waals surface area contributed by atoms with E-state index in [1.54, 1.807) is 11.3 Å². The Morgan fingerprint density at radius 1 is 1.29 bits per heavy atom. The molecule has 3 aromatic rings. The highest BCUT2D eigenvalue weighted by atomic mass is 32.1. The lowest BCUT2D eigenvalue weighted by Gasteiger charge is -2.19. The molecule has 1 unspecified atom stereocenters. The first-order chi connectivity index (χ1) is 10.1. The molecule has 0 spiro atoms. The predicted octanol–water partition coefficient (Wildman–Crippen LogP) is 3.03. The largest absolute Gasteiger partial charge is 0.368 e. The molecule has 0 saturated carbocycles. The number of anilines is 1. The van der Waals surface area contributed by atoms with Crippen LogP contribution in [0.15, 0.2) is 29.9 Å². The van der Waals surface area contributed by atoms with Crippen molar-refractivity contribution in [2.45, 2.75) is 19.9 Å². The van der Waals surface area contributed by atoms with Crippen LogP contribution in [0.4, 0.5) is 5.69 Å². The van der Waals surface area contributed by atoms with Crippen molar-refractivity contribution in [3.63, 3.8) is 0 Å². The van der Waals surface area contributed by atoms with Crippen LogP contribution < -0.4 is 5.32 Å². The van der Waals surface area contributed by atoms with Gasteiger partial charge in [0.1, 0.15) is 11.9 Å². The third-order valence-corrected chi connectivity index (χ3v) is 4.68. The summed E-state index contributed by atoms with van der Waals surface area (Å²) in [6.07, 6.45) is 3.81. The zero-order chi connectivity index (χ0) is 15.0. The maximum Gasteiger partial charge on any atom is 0.136 e. The van der Waals surface area contributed by atoms with Crippen LogP contribution in [0.2, 0.25) is 0 Å². The van der Waals surface area contributed by atoms with Crippen molar-refractivity contribution >= 4 is 17.0 Å². The van der Waals surface area contributed by atoms with Gasteiger partial charge in [-0.3, -0.25) is 4.68 Å². The molecule has 0 aliphatic rings. The first-order valence-electron chi connectivity index (χ1n) is 6.85. The summed E-state index contributed by atoms with van der Waals surface area (Å²) in [7, 11) is 3.99. The van der Waals surface area contributed by atoms with E-state index in [9.17, 15) is 0 Å². The van der Waals surface area contributed by atoms with E-state index < -0.39 is 0 Å². The number of imidazole rings is 1. The van der Waals surface area contributed by atoms with Crippen LogP contribution in [0.5, 0.6) is 0 Å². The first-order valence-corrected chi connectivity index (χ1v) is 7.73. The van der Waals surface area contributed by atoms with Crippen molar-refractivity contribution in [1.82, 2.24) is 19.3 Å². The Balaban J connectivity index is 2.03. The van der Waals surface area contributed by atoms with Gasteiger partial charge in [0.15, 0.2) is 0 Å². The summed E-state index contributed by atoms with van der Waals surface area (Å²) in [4.78, 5) is 5.76. The summed E-state index contributed by atoms with van der Waals surface area (Å²) in [5.74, 6) is 1.00. The minimum absolute atomic E-state index is 0.0339. The van der Waals surface area contributed by atoms with Crippen LogP contribution in [-0.4, -0.2) is 19.3 Å². The molecule has 5 nitrogen and oxygen atoms in total. The second kappa shape index (κ2) is 5.37. The van der Waals surface area contributed by atoms with Crippen molar-refractivity contribution in [2.75, 3.05) is 5.32 Å². The summed E-state index contributed by atoms with van der Waals surface area (Å²) in [6.45, 7) is 4.10. The molecule has 0 aliphatic heterocycles. The normalized spacial score (nSPS) is 12.6. The highest BCUT2D eigenvalue weighted by molar-refractivity contribution is 7.10. The van der Waals surface area contributed by atoms with Gasteiger partial charge in [0.25, 0.3) is 0 Å². The van der Waals surface area contributed by atoms with E-state index in [0.717, 1.165) is 22.9 Å². The predicted molar refractivity (Wildman–Crippen MR) is 85.7 cm³/mol. The van der Waals surface area contributed by atoms with Crippen LogP contribution in [0.25, 0.3) is 0 Å². The minimum atomic E-state index is 0.0339. The Morgan fingerprint density at radius 3 is 2.62 bits per heavy atom. The van der Waals surface area contributed by atoms with Gasteiger partial charge in [-0.05, 0) is 25.3 Å². The molecule has 6 heteroatoms. The molecule has 1 atom stereocenters. The smallest absolute Gasteiger partial charge is 0.136 e. The lowest BCUT2D eigenvalue weighted by Crippen LogP contribution is -2.16. The van der Waals surface area contributed by atoms with Gasteiger partial charge < -0.3 is 9.88 Å². The van der Waals surface area contributed by atoms with E-state index in [0.29, 0.717) is 0 Å². The standard InChI is InChI=1S/C15H19N5S/c1-10-13(11(2)20(4)18-10)17-14(12-6-5-9-21-12)15-16-7-8-19(15)3/h5-9,14,17H,1-4H3. The van der Waals surface area contributed by atoms with Gasteiger partial charge in [0.05, 0.1) is 17.1 Å². The van der Waals surface area contributed by atoms with Crippen molar-refractivity contribution < 1.29 is 0 Å². The molecule has 0 radical (unpaired) electrons.